The number of morpholine rings is 1. The molecule has 1 amide bonds. The summed E-state index contributed by atoms with van der Waals surface area (Å²) in [6.45, 7) is 10.4. The van der Waals surface area contributed by atoms with Crippen LogP contribution < -0.4 is 15.5 Å². The highest BCUT2D eigenvalue weighted by Gasteiger charge is 2.15. The lowest BCUT2D eigenvalue weighted by molar-refractivity contribution is -0.125. The number of hydrogen-bond donors (Lipinski definition) is 2. The van der Waals surface area contributed by atoms with Crippen LogP contribution >= 0.6 is 0 Å². The minimum absolute atomic E-state index is 0.110. The van der Waals surface area contributed by atoms with Crippen molar-refractivity contribution in [1.82, 2.24) is 15.3 Å². The second kappa shape index (κ2) is 9.42. The van der Waals surface area contributed by atoms with E-state index >= 15 is 0 Å². The van der Waals surface area contributed by atoms with Crippen LogP contribution in [0.4, 0.5) is 11.6 Å². The molecule has 0 aromatic carbocycles. The van der Waals surface area contributed by atoms with Gasteiger partial charge in [-0.3, -0.25) is 4.79 Å². The van der Waals surface area contributed by atoms with Crippen LogP contribution in [0.2, 0.25) is 0 Å². The summed E-state index contributed by atoms with van der Waals surface area (Å²) >= 11 is 0. The van der Waals surface area contributed by atoms with Crippen LogP contribution in [0.1, 0.15) is 32.5 Å². The monoisotopic (exact) mass is 335 g/mol. The molecule has 1 aliphatic rings. The molecule has 134 valence electrons. The third-order valence-electron chi connectivity index (χ3n) is 4.25. The average molecular weight is 335 g/mol. The fraction of sp³-hybridized carbons (Fsp3) is 0.706. The van der Waals surface area contributed by atoms with Crippen molar-refractivity contribution in [2.45, 2.75) is 33.6 Å². The molecule has 2 rings (SSSR count). The van der Waals surface area contributed by atoms with E-state index in [1.165, 1.54) is 0 Å². The van der Waals surface area contributed by atoms with Crippen molar-refractivity contribution in [3.05, 3.63) is 11.9 Å². The molecular weight excluding hydrogens is 306 g/mol. The molecule has 7 heteroatoms. The lowest BCUT2D eigenvalue weighted by atomic mass is 10.0. The number of anilines is 2. The number of rotatable bonds is 8. The molecule has 0 atom stereocenters. The largest absolute Gasteiger partial charge is 0.378 e. The fourth-order valence-electron chi connectivity index (χ4n) is 2.78. The third kappa shape index (κ3) is 5.33. The van der Waals surface area contributed by atoms with E-state index in [1.54, 1.807) is 0 Å². The Morgan fingerprint density at radius 2 is 1.96 bits per heavy atom. The fourth-order valence-corrected chi connectivity index (χ4v) is 2.78. The molecule has 0 spiro atoms. The van der Waals surface area contributed by atoms with Crippen molar-refractivity contribution in [1.29, 1.82) is 0 Å². The number of aryl methyl sites for hydroxylation is 1. The van der Waals surface area contributed by atoms with Crippen molar-refractivity contribution in [2.75, 3.05) is 49.6 Å². The Kier molecular flexibility index (Phi) is 7.24. The Morgan fingerprint density at radius 3 is 2.62 bits per heavy atom. The number of amides is 1. The van der Waals surface area contributed by atoms with Gasteiger partial charge in [0.25, 0.3) is 0 Å². The predicted molar refractivity (Wildman–Crippen MR) is 95.4 cm³/mol. The lowest BCUT2D eigenvalue weighted by Gasteiger charge is -2.28. The van der Waals surface area contributed by atoms with Gasteiger partial charge in [0, 0.05) is 38.2 Å². The molecule has 1 aromatic rings. The maximum Gasteiger partial charge on any atom is 0.223 e. The molecule has 2 N–H and O–H groups in total. The molecule has 0 unspecified atom stereocenters. The van der Waals surface area contributed by atoms with Gasteiger partial charge in [0.05, 0.1) is 13.2 Å². The highest BCUT2D eigenvalue weighted by molar-refractivity contribution is 5.78. The Hall–Kier alpha value is -1.89. The lowest BCUT2D eigenvalue weighted by Crippen LogP contribution is -2.37. The van der Waals surface area contributed by atoms with Gasteiger partial charge < -0.3 is 20.3 Å². The molecule has 2 heterocycles. The molecule has 1 aromatic heterocycles. The van der Waals surface area contributed by atoms with Crippen molar-refractivity contribution in [3.8, 4) is 0 Å². The summed E-state index contributed by atoms with van der Waals surface area (Å²) in [6, 6.07) is 1.96. The van der Waals surface area contributed by atoms with Crippen LogP contribution in [0.3, 0.4) is 0 Å². The van der Waals surface area contributed by atoms with Crippen LogP contribution in [0.15, 0.2) is 6.07 Å². The molecule has 1 fully saturated rings. The van der Waals surface area contributed by atoms with Crippen LogP contribution in [0, 0.1) is 12.8 Å². The number of carbonyl (C=O) groups is 1. The normalized spacial score (nSPS) is 14.8. The number of carbonyl (C=O) groups excluding carboxylic acids is 1. The summed E-state index contributed by atoms with van der Waals surface area (Å²) in [7, 11) is 0. The number of hydrogen-bond acceptors (Lipinski definition) is 6. The minimum atomic E-state index is 0.110. The Balaban J connectivity index is 1.84. The summed E-state index contributed by atoms with van der Waals surface area (Å²) in [5.41, 5.74) is 0. The summed E-state index contributed by atoms with van der Waals surface area (Å²) in [6.07, 6.45) is 1.76. The topological polar surface area (TPSA) is 79.4 Å². The summed E-state index contributed by atoms with van der Waals surface area (Å²) in [5, 5.41) is 6.25. The van der Waals surface area contributed by atoms with Gasteiger partial charge in [-0.25, -0.2) is 9.97 Å². The van der Waals surface area contributed by atoms with E-state index in [0.29, 0.717) is 13.1 Å². The Morgan fingerprint density at radius 1 is 1.25 bits per heavy atom. The molecular formula is C17H29N5O2. The van der Waals surface area contributed by atoms with Crippen LogP contribution in [-0.2, 0) is 9.53 Å². The SMILES string of the molecule is CCC(CC)C(=O)NCCNc1cc(N2CCOCC2)nc(C)n1. The van der Waals surface area contributed by atoms with Crippen LogP contribution in [-0.4, -0.2) is 55.3 Å². The van der Waals surface area contributed by atoms with Gasteiger partial charge in [0.15, 0.2) is 0 Å². The molecule has 0 aliphatic carbocycles. The molecule has 0 bridgehead atoms. The highest BCUT2D eigenvalue weighted by Crippen LogP contribution is 2.17. The van der Waals surface area contributed by atoms with Gasteiger partial charge in [0.1, 0.15) is 17.5 Å². The molecule has 0 radical (unpaired) electrons. The zero-order valence-corrected chi connectivity index (χ0v) is 15.0. The summed E-state index contributed by atoms with van der Waals surface area (Å²) < 4.78 is 5.38. The second-order valence-electron chi connectivity index (χ2n) is 5.99. The zero-order valence-electron chi connectivity index (χ0n) is 15.0. The van der Waals surface area contributed by atoms with Crippen LogP contribution in [0.5, 0.6) is 0 Å². The summed E-state index contributed by atoms with van der Waals surface area (Å²) in [5.74, 6) is 2.70. The molecule has 0 saturated carbocycles. The van der Waals surface area contributed by atoms with Crippen molar-refractivity contribution >= 4 is 17.5 Å². The maximum absolute atomic E-state index is 11.9. The first kappa shape index (κ1) is 18.4. The molecule has 1 aliphatic heterocycles. The Bertz CT molecular complexity index is 528. The van der Waals surface area contributed by atoms with Crippen LogP contribution in [0.25, 0.3) is 0 Å². The predicted octanol–water partition coefficient (Wildman–Crippen LogP) is 1.59. The standard InChI is InChI=1S/C17H29N5O2/c1-4-14(5-2)17(23)19-7-6-18-15-12-16(21-13(3)20-15)22-8-10-24-11-9-22/h12,14H,4-11H2,1-3H3,(H,19,23)(H,18,20,21). The van der Waals surface area contributed by atoms with Crippen molar-refractivity contribution < 1.29 is 9.53 Å². The minimum Gasteiger partial charge on any atom is -0.378 e. The molecule has 24 heavy (non-hydrogen) atoms. The van der Waals surface area contributed by atoms with E-state index in [-0.39, 0.29) is 11.8 Å². The quantitative estimate of drug-likeness (QED) is 0.702. The van der Waals surface area contributed by atoms with Gasteiger partial charge in [-0.1, -0.05) is 13.8 Å². The first-order valence-corrected chi connectivity index (χ1v) is 8.84. The van der Waals surface area contributed by atoms with Gasteiger partial charge in [-0.15, -0.1) is 0 Å². The van der Waals surface area contributed by atoms with Gasteiger partial charge in [0.2, 0.25) is 5.91 Å². The highest BCUT2D eigenvalue weighted by atomic mass is 16.5. The van der Waals surface area contributed by atoms with E-state index in [0.717, 1.165) is 56.6 Å². The summed E-state index contributed by atoms with van der Waals surface area (Å²) in [4.78, 5) is 23.1. The molecule has 1 saturated heterocycles. The number of ether oxygens (including phenoxy) is 1. The smallest absolute Gasteiger partial charge is 0.223 e. The van der Waals surface area contributed by atoms with E-state index in [2.05, 4.69) is 25.5 Å². The molecule has 7 nitrogen and oxygen atoms in total. The third-order valence-corrected chi connectivity index (χ3v) is 4.25. The van der Waals surface area contributed by atoms with E-state index in [1.807, 2.05) is 26.8 Å². The van der Waals surface area contributed by atoms with E-state index < -0.39 is 0 Å². The van der Waals surface area contributed by atoms with Gasteiger partial charge in [-0.05, 0) is 19.8 Å². The number of nitrogens with one attached hydrogen (secondary N) is 2. The first-order chi connectivity index (χ1) is 11.6. The Labute approximate surface area is 144 Å². The zero-order chi connectivity index (χ0) is 17.4. The number of nitrogens with zero attached hydrogens (tertiary/aromatic N) is 3. The van der Waals surface area contributed by atoms with Gasteiger partial charge >= 0.3 is 0 Å². The maximum atomic E-state index is 11.9. The van der Waals surface area contributed by atoms with Crippen molar-refractivity contribution in [2.24, 2.45) is 5.92 Å². The van der Waals surface area contributed by atoms with Gasteiger partial charge in [-0.2, -0.15) is 0 Å². The second-order valence-corrected chi connectivity index (χ2v) is 5.99. The van der Waals surface area contributed by atoms with E-state index in [9.17, 15) is 4.79 Å². The number of aromatic nitrogens is 2. The van der Waals surface area contributed by atoms with Crippen molar-refractivity contribution in [3.63, 3.8) is 0 Å². The average Bonchev–Trinajstić information content (AvgIpc) is 2.60. The van der Waals surface area contributed by atoms with E-state index in [4.69, 9.17) is 4.74 Å². The first-order valence-electron chi connectivity index (χ1n) is 8.84.